The number of pyridine rings is 2. The van der Waals surface area contributed by atoms with E-state index in [1.807, 2.05) is 12.1 Å². The zero-order valence-corrected chi connectivity index (χ0v) is 11.2. The van der Waals surface area contributed by atoms with Crippen LogP contribution in [0.4, 0.5) is 0 Å². The Hall–Kier alpha value is -2.76. The van der Waals surface area contributed by atoms with Gasteiger partial charge in [0, 0.05) is 29.4 Å². The summed E-state index contributed by atoms with van der Waals surface area (Å²) in [4.78, 5) is 16.5. The minimum Gasteiger partial charge on any atom is -0.282 e. The Morgan fingerprint density at radius 2 is 2.05 bits per heavy atom. The third-order valence-electron chi connectivity index (χ3n) is 3.67. The molecule has 21 heavy (non-hydrogen) atoms. The van der Waals surface area contributed by atoms with Crippen molar-refractivity contribution in [2.24, 2.45) is 0 Å². The Morgan fingerprint density at radius 3 is 2.71 bits per heavy atom. The molecule has 0 amide bonds. The molecule has 0 saturated heterocycles. The van der Waals surface area contributed by atoms with Gasteiger partial charge in [-0.1, -0.05) is 0 Å². The Morgan fingerprint density at radius 1 is 1.14 bits per heavy atom. The minimum absolute atomic E-state index is 0.0942. The van der Waals surface area contributed by atoms with Crippen molar-refractivity contribution in [2.45, 2.75) is 18.8 Å². The lowest BCUT2D eigenvalue weighted by Gasteiger charge is -2.07. The van der Waals surface area contributed by atoms with E-state index in [1.54, 1.807) is 29.2 Å². The number of rotatable bonds is 3. The molecule has 1 N–H and O–H groups in total. The van der Waals surface area contributed by atoms with Crippen LogP contribution in [0.3, 0.4) is 0 Å². The zero-order chi connectivity index (χ0) is 14.2. The third kappa shape index (κ3) is 2.24. The van der Waals surface area contributed by atoms with E-state index in [0.29, 0.717) is 11.6 Å². The van der Waals surface area contributed by atoms with Crippen molar-refractivity contribution in [1.29, 1.82) is 0 Å². The highest BCUT2D eigenvalue weighted by Crippen LogP contribution is 2.38. The first-order chi connectivity index (χ1) is 10.3. The van der Waals surface area contributed by atoms with Crippen molar-refractivity contribution in [2.75, 3.05) is 0 Å². The molecular weight excluding hydrogens is 266 g/mol. The van der Waals surface area contributed by atoms with Gasteiger partial charge >= 0.3 is 0 Å². The molecule has 104 valence electrons. The van der Waals surface area contributed by atoms with Crippen LogP contribution >= 0.6 is 0 Å². The monoisotopic (exact) mass is 279 g/mol. The number of H-pyrrole nitrogens is 1. The molecule has 0 spiro atoms. The van der Waals surface area contributed by atoms with E-state index in [-0.39, 0.29) is 5.56 Å². The molecule has 4 rings (SSSR count). The number of nitrogens with zero attached hydrogens (tertiary/aromatic N) is 4. The Balaban J connectivity index is 1.76. The fraction of sp³-hybridized carbons (Fsp3) is 0.200. The summed E-state index contributed by atoms with van der Waals surface area (Å²) in [5.74, 6) is 0.609. The van der Waals surface area contributed by atoms with Crippen LogP contribution < -0.4 is 5.56 Å². The van der Waals surface area contributed by atoms with Crippen molar-refractivity contribution in [1.82, 2.24) is 25.0 Å². The molecule has 0 aliphatic heterocycles. The highest BCUT2D eigenvalue weighted by atomic mass is 16.1. The second-order valence-electron chi connectivity index (χ2n) is 5.20. The summed E-state index contributed by atoms with van der Waals surface area (Å²) in [7, 11) is 0. The van der Waals surface area contributed by atoms with Crippen LogP contribution in [-0.4, -0.2) is 25.0 Å². The Labute approximate surface area is 120 Å². The molecule has 1 aliphatic carbocycles. The first-order valence-electron chi connectivity index (χ1n) is 6.86. The van der Waals surface area contributed by atoms with E-state index in [4.69, 9.17) is 0 Å². The van der Waals surface area contributed by atoms with Gasteiger partial charge in [-0.25, -0.2) is 0 Å². The normalized spacial score (nSPS) is 14.3. The molecule has 1 aliphatic rings. The number of hydrogen-bond donors (Lipinski definition) is 1. The van der Waals surface area contributed by atoms with Gasteiger partial charge in [-0.15, -0.1) is 0 Å². The SMILES string of the molecule is O=c1ccc(-c2cn[nH]n2)cn1-c1ccc(C2CC2)nc1. The molecule has 3 heterocycles. The maximum Gasteiger partial charge on any atom is 0.255 e. The first-order valence-corrected chi connectivity index (χ1v) is 6.86. The maximum atomic E-state index is 12.1. The van der Waals surface area contributed by atoms with Gasteiger partial charge in [-0.05, 0) is 31.0 Å². The molecular formula is C15H13N5O. The number of hydrogen-bond acceptors (Lipinski definition) is 4. The molecule has 0 bridgehead atoms. The van der Waals surface area contributed by atoms with Gasteiger partial charge in [0.1, 0.15) is 5.69 Å². The summed E-state index contributed by atoms with van der Waals surface area (Å²) in [5.41, 5.74) is 3.30. The quantitative estimate of drug-likeness (QED) is 0.794. The van der Waals surface area contributed by atoms with Crippen molar-refractivity contribution in [3.63, 3.8) is 0 Å². The summed E-state index contributed by atoms with van der Waals surface area (Å²) in [5, 5.41) is 10.4. The predicted octanol–water partition coefficient (Wildman–Crippen LogP) is 1.90. The van der Waals surface area contributed by atoms with Crippen molar-refractivity contribution in [3.05, 3.63) is 58.9 Å². The van der Waals surface area contributed by atoms with Crippen molar-refractivity contribution >= 4 is 0 Å². The van der Waals surface area contributed by atoms with Crippen LogP contribution in [0.15, 0.2) is 47.7 Å². The number of nitrogens with one attached hydrogen (secondary N) is 1. The average Bonchev–Trinajstić information content (AvgIpc) is 3.23. The van der Waals surface area contributed by atoms with Crippen molar-refractivity contribution < 1.29 is 0 Å². The average molecular weight is 279 g/mol. The minimum atomic E-state index is -0.0942. The second kappa shape index (κ2) is 4.66. The van der Waals surface area contributed by atoms with Gasteiger partial charge in [0.2, 0.25) is 0 Å². The highest BCUT2D eigenvalue weighted by Gasteiger charge is 2.24. The third-order valence-corrected chi connectivity index (χ3v) is 3.67. The summed E-state index contributed by atoms with van der Waals surface area (Å²) in [6, 6.07) is 7.21. The molecule has 6 nitrogen and oxygen atoms in total. The van der Waals surface area contributed by atoms with Crippen molar-refractivity contribution in [3.8, 4) is 16.9 Å². The lowest BCUT2D eigenvalue weighted by atomic mass is 10.2. The van der Waals surface area contributed by atoms with E-state index in [9.17, 15) is 4.79 Å². The number of aromatic amines is 1. The molecule has 1 saturated carbocycles. The van der Waals surface area contributed by atoms with E-state index in [1.165, 1.54) is 18.9 Å². The van der Waals surface area contributed by atoms with Crippen LogP contribution in [0.25, 0.3) is 16.9 Å². The van der Waals surface area contributed by atoms with E-state index >= 15 is 0 Å². The summed E-state index contributed by atoms with van der Waals surface area (Å²) in [6.45, 7) is 0. The number of aromatic nitrogens is 5. The van der Waals surface area contributed by atoms with Gasteiger partial charge < -0.3 is 0 Å². The van der Waals surface area contributed by atoms with Gasteiger partial charge in [-0.3, -0.25) is 14.3 Å². The molecule has 0 radical (unpaired) electrons. The van der Waals surface area contributed by atoms with E-state index in [0.717, 1.165) is 16.9 Å². The molecule has 3 aromatic heterocycles. The molecule has 0 atom stereocenters. The van der Waals surface area contributed by atoms with Crippen LogP contribution in [-0.2, 0) is 0 Å². The summed E-state index contributed by atoms with van der Waals surface area (Å²) in [6.07, 6.45) is 7.57. The van der Waals surface area contributed by atoms with Gasteiger partial charge in [0.15, 0.2) is 0 Å². The first kappa shape index (κ1) is 12.0. The molecule has 6 heteroatoms. The van der Waals surface area contributed by atoms with Crippen LogP contribution in [0.2, 0.25) is 0 Å². The molecule has 3 aromatic rings. The summed E-state index contributed by atoms with van der Waals surface area (Å²) < 4.78 is 1.58. The van der Waals surface area contributed by atoms with Crippen LogP contribution in [0, 0.1) is 0 Å². The standard InChI is InChI=1S/C15H13N5O/c21-15-6-3-11(14-8-17-19-18-14)9-20(15)12-4-5-13(16-7-12)10-1-2-10/h3-10H,1-2H2,(H,17,18,19). The van der Waals surface area contributed by atoms with Gasteiger partial charge in [-0.2, -0.15) is 15.4 Å². The molecule has 0 aromatic carbocycles. The maximum absolute atomic E-state index is 12.1. The fourth-order valence-electron chi connectivity index (χ4n) is 2.34. The van der Waals surface area contributed by atoms with Gasteiger partial charge in [0.05, 0.1) is 18.1 Å². The van der Waals surface area contributed by atoms with E-state index in [2.05, 4.69) is 20.4 Å². The van der Waals surface area contributed by atoms with E-state index < -0.39 is 0 Å². The zero-order valence-electron chi connectivity index (χ0n) is 11.2. The second-order valence-corrected chi connectivity index (χ2v) is 5.20. The smallest absolute Gasteiger partial charge is 0.255 e. The predicted molar refractivity (Wildman–Crippen MR) is 77.2 cm³/mol. The largest absolute Gasteiger partial charge is 0.282 e. The van der Waals surface area contributed by atoms with Gasteiger partial charge in [0.25, 0.3) is 5.56 Å². The van der Waals surface area contributed by atoms with Crippen LogP contribution in [0.5, 0.6) is 0 Å². The summed E-state index contributed by atoms with van der Waals surface area (Å²) >= 11 is 0. The molecule has 1 fully saturated rings. The Bertz CT molecular complexity index is 816. The topological polar surface area (TPSA) is 76.5 Å². The lowest BCUT2D eigenvalue weighted by Crippen LogP contribution is -2.16. The Kier molecular flexibility index (Phi) is 2.67. The van der Waals surface area contributed by atoms with Crippen LogP contribution in [0.1, 0.15) is 24.5 Å². The highest BCUT2D eigenvalue weighted by molar-refractivity contribution is 5.56. The lowest BCUT2D eigenvalue weighted by molar-refractivity contribution is 0.936. The fourth-order valence-corrected chi connectivity index (χ4v) is 2.34. The molecule has 0 unspecified atom stereocenters.